The number of carbonyl (C=O) groups is 2. The third kappa shape index (κ3) is 3.97. The van der Waals surface area contributed by atoms with Crippen molar-refractivity contribution in [1.29, 1.82) is 0 Å². The molecule has 4 nitrogen and oxygen atoms in total. The van der Waals surface area contributed by atoms with Gasteiger partial charge >= 0.3 is 5.97 Å². The van der Waals surface area contributed by atoms with Crippen molar-refractivity contribution in [3.8, 4) is 0 Å². The van der Waals surface area contributed by atoms with Gasteiger partial charge in [-0.1, -0.05) is 30.3 Å². The van der Waals surface area contributed by atoms with Crippen LogP contribution in [0.2, 0.25) is 0 Å². The lowest BCUT2D eigenvalue weighted by Gasteiger charge is -2.19. The van der Waals surface area contributed by atoms with E-state index in [0.717, 1.165) is 0 Å². The Kier molecular flexibility index (Phi) is 5.43. The van der Waals surface area contributed by atoms with Crippen LogP contribution in [-0.4, -0.2) is 18.9 Å². The number of esters is 1. The fourth-order valence-electron chi connectivity index (χ4n) is 2.47. The number of rotatable bonds is 5. The Balaban J connectivity index is 1.78. The van der Waals surface area contributed by atoms with Gasteiger partial charge in [-0.05, 0) is 41.3 Å². The Morgan fingerprint density at radius 1 is 1.08 bits per heavy atom. The van der Waals surface area contributed by atoms with E-state index in [4.69, 9.17) is 4.74 Å². The molecule has 0 N–H and O–H groups in total. The van der Waals surface area contributed by atoms with Crippen molar-refractivity contribution in [1.82, 2.24) is 0 Å². The summed E-state index contributed by atoms with van der Waals surface area (Å²) in [5.74, 6) is -1.17. The van der Waals surface area contributed by atoms with Gasteiger partial charge in [-0.2, -0.15) is 0 Å². The minimum atomic E-state index is -0.573. The van der Waals surface area contributed by atoms with Crippen molar-refractivity contribution in [3.05, 3.63) is 87.9 Å². The van der Waals surface area contributed by atoms with E-state index in [0.29, 0.717) is 16.1 Å². The quantitative estimate of drug-likeness (QED) is 0.621. The summed E-state index contributed by atoms with van der Waals surface area (Å²) in [6.45, 7) is -0.0481. The fourth-order valence-corrected chi connectivity index (χ4v) is 3.17. The molecule has 0 aliphatic rings. The maximum absolute atomic E-state index is 13.2. The molecule has 0 spiro atoms. The summed E-state index contributed by atoms with van der Waals surface area (Å²) in [6, 6.07) is 16.1. The number of para-hydroxylation sites is 1. The lowest BCUT2D eigenvalue weighted by Crippen LogP contribution is -2.27. The zero-order valence-electron chi connectivity index (χ0n) is 14.0. The summed E-state index contributed by atoms with van der Waals surface area (Å²) in [5, 5.41) is 1.82. The molecule has 132 valence electrons. The van der Waals surface area contributed by atoms with Crippen LogP contribution in [-0.2, 0) is 11.3 Å². The van der Waals surface area contributed by atoms with Crippen molar-refractivity contribution in [2.24, 2.45) is 0 Å². The van der Waals surface area contributed by atoms with Crippen LogP contribution in [0.1, 0.15) is 25.6 Å². The molecule has 0 unspecified atom stereocenters. The first-order chi connectivity index (χ1) is 12.6. The molecule has 0 bridgehead atoms. The smallest absolute Gasteiger partial charge is 0.340 e. The van der Waals surface area contributed by atoms with Gasteiger partial charge in [0.2, 0.25) is 0 Å². The summed E-state index contributed by atoms with van der Waals surface area (Å²) in [6.07, 6.45) is 0. The minimum Gasteiger partial charge on any atom is -0.457 e. The highest BCUT2D eigenvalue weighted by atomic mass is 32.1. The molecule has 0 aliphatic heterocycles. The first kappa shape index (κ1) is 17.8. The third-order valence-corrected chi connectivity index (χ3v) is 4.64. The number of hydrogen-bond donors (Lipinski definition) is 0. The van der Waals surface area contributed by atoms with Gasteiger partial charge in [0, 0.05) is 7.05 Å². The topological polar surface area (TPSA) is 46.6 Å². The van der Waals surface area contributed by atoms with Crippen molar-refractivity contribution in [3.63, 3.8) is 0 Å². The predicted molar refractivity (Wildman–Crippen MR) is 99.0 cm³/mol. The SMILES string of the molecule is CN(C(=O)c1cccs1)c1ccccc1C(=O)OCc1cccc(F)c1. The molecule has 0 radical (unpaired) electrons. The van der Waals surface area contributed by atoms with E-state index < -0.39 is 5.97 Å². The average Bonchev–Trinajstić information content (AvgIpc) is 3.20. The van der Waals surface area contributed by atoms with E-state index >= 15 is 0 Å². The predicted octanol–water partition coefficient (Wildman–Crippen LogP) is 4.52. The molecule has 0 atom stereocenters. The molecule has 0 saturated carbocycles. The number of nitrogens with zero attached hydrogens (tertiary/aromatic N) is 1. The van der Waals surface area contributed by atoms with Gasteiger partial charge in [-0.3, -0.25) is 4.79 Å². The van der Waals surface area contributed by atoms with Crippen LogP contribution in [0, 0.1) is 5.82 Å². The number of ether oxygens (including phenoxy) is 1. The van der Waals surface area contributed by atoms with Crippen LogP contribution < -0.4 is 4.90 Å². The van der Waals surface area contributed by atoms with Crippen LogP contribution >= 0.6 is 11.3 Å². The molecule has 3 rings (SSSR count). The normalized spacial score (nSPS) is 10.4. The van der Waals surface area contributed by atoms with Gasteiger partial charge in [0.1, 0.15) is 12.4 Å². The molecular weight excluding hydrogens is 353 g/mol. The van der Waals surface area contributed by atoms with Gasteiger partial charge in [0.25, 0.3) is 5.91 Å². The summed E-state index contributed by atoms with van der Waals surface area (Å²) in [4.78, 5) is 27.0. The first-order valence-corrected chi connectivity index (χ1v) is 8.76. The molecule has 6 heteroatoms. The highest BCUT2D eigenvalue weighted by Gasteiger charge is 2.21. The van der Waals surface area contributed by atoms with Crippen LogP contribution in [0.15, 0.2) is 66.0 Å². The molecule has 1 aromatic heterocycles. The summed E-state index contributed by atoms with van der Waals surface area (Å²) in [5.41, 5.74) is 1.28. The van der Waals surface area contributed by atoms with Crippen LogP contribution in [0.5, 0.6) is 0 Å². The number of halogens is 1. The van der Waals surface area contributed by atoms with E-state index in [2.05, 4.69) is 0 Å². The zero-order chi connectivity index (χ0) is 18.5. The maximum Gasteiger partial charge on any atom is 0.340 e. The Bertz CT molecular complexity index is 924. The van der Waals surface area contributed by atoms with E-state index in [9.17, 15) is 14.0 Å². The van der Waals surface area contributed by atoms with E-state index in [1.165, 1.54) is 28.4 Å². The Morgan fingerprint density at radius 3 is 2.62 bits per heavy atom. The minimum absolute atomic E-state index is 0.0481. The van der Waals surface area contributed by atoms with Crippen molar-refractivity contribution >= 4 is 28.9 Å². The van der Waals surface area contributed by atoms with Crippen LogP contribution in [0.25, 0.3) is 0 Å². The Labute approximate surface area is 154 Å². The molecule has 26 heavy (non-hydrogen) atoms. The van der Waals surface area contributed by atoms with Crippen molar-refractivity contribution in [2.45, 2.75) is 6.61 Å². The zero-order valence-corrected chi connectivity index (χ0v) is 14.8. The number of benzene rings is 2. The van der Waals surface area contributed by atoms with Crippen LogP contribution in [0.4, 0.5) is 10.1 Å². The second-order valence-electron chi connectivity index (χ2n) is 5.56. The molecule has 2 aromatic carbocycles. The fraction of sp³-hybridized carbons (Fsp3) is 0.100. The van der Waals surface area contributed by atoms with E-state index in [-0.39, 0.29) is 23.9 Å². The maximum atomic E-state index is 13.2. The van der Waals surface area contributed by atoms with E-state index in [1.807, 2.05) is 5.38 Å². The summed E-state index contributed by atoms with van der Waals surface area (Å²) < 4.78 is 18.5. The van der Waals surface area contributed by atoms with Gasteiger partial charge in [-0.15, -0.1) is 11.3 Å². The average molecular weight is 369 g/mol. The lowest BCUT2D eigenvalue weighted by molar-refractivity contribution is 0.0473. The lowest BCUT2D eigenvalue weighted by atomic mass is 10.1. The Morgan fingerprint density at radius 2 is 1.88 bits per heavy atom. The molecular formula is C20H16FNO3S. The first-order valence-electron chi connectivity index (χ1n) is 7.88. The molecule has 0 saturated heterocycles. The standard InChI is InChI=1S/C20H16FNO3S/c1-22(19(23)18-10-5-11-26-18)17-9-3-2-8-16(17)20(24)25-13-14-6-4-7-15(21)12-14/h2-12H,13H2,1H3. The van der Waals surface area contributed by atoms with Gasteiger partial charge in [-0.25, -0.2) is 9.18 Å². The highest BCUT2D eigenvalue weighted by Crippen LogP contribution is 2.23. The number of anilines is 1. The second-order valence-corrected chi connectivity index (χ2v) is 6.51. The van der Waals surface area contributed by atoms with Crippen LogP contribution in [0.3, 0.4) is 0 Å². The number of thiophene rings is 1. The highest BCUT2D eigenvalue weighted by molar-refractivity contribution is 7.12. The summed E-state index contributed by atoms with van der Waals surface area (Å²) in [7, 11) is 1.61. The number of hydrogen-bond acceptors (Lipinski definition) is 4. The van der Waals surface area contributed by atoms with Crippen molar-refractivity contribution < 1.29 is 18.7 Å². The summed E-state index contributed by atoms with van der Waals surface area (Å²) >= 11 is 1.33. The van der Waals surface area contributed by atoms with E-state index in [1.54, 1.807) is 55.6 Å². The van der Waals surface area contributed by atoms with Gasteiger partial charge < -0.3 is 9.64 Å². The largest absolute Gasteiger partial charge is 0.457 e. The third-order valence-electron chi connectivity index (χ3n) is 3.78. The van der Waals surface area contributed by atoms with Gasteiger partial charge in [0.05, 0.1) is 16.1 Å². The second kappa shape index (κ2) is 7.93. The van der Waals surface area contributed by atoms with Gasteiger partial charge in [0.15, 0.2) is 0 Å². The molecule has 1 heterocycles. The molecule has 0 fully saturated rings. The van der Waals surface area contributed by atoms with Crippen molar-refractivity contribution in [2.75, 3.05) is 11.9 Å². The Hall–Kier alpha value is -2.99. The molecule has 0 aliphatic carbocycles. The molecule has 1 amide bonds. The number of amides is 1. The monoisotopic (exact) mass is 369 g/mol. The molecule has 3 aromatic rings. The number of carbonyl (C=O) groups excluding carboxylic acids is 2.